The summed E-state index contributed by atoms with van der Waals surface area (Å²) >= 11 is 4.44. The first-order valence-electron chi connectivity index (χ1n) is 3.75. The van der Waals surface area contributed by atoms with E-state index in [9.17, 15) is 0 Å². The Bertz CT molecular complexity index is 150. The van der Waals surface area contributed by atoms with E-state index in [0.29, 0.717) is 0 Å². The Labute approximate surface area is 73.6 Å². The third-order valence-corrected chi connectivity index (χ3v) is 1.46. The molecule has 0 aromatic carbocycles. The van der Waals surface area contributed by atoms with Crippen LogP contribution >= 0.6 is 12.2 Å². The van der Waals surface area contributed by atoms with Crippen LogP contribution in [0.5, 0.6) is 0 Å². The fraction of sp³-hybridized carbons (Fsp3) is 0.625. The summed E-state index contributed by atoms with van der Waals surface area (Å²) in [6.07, 6.45) is 2.97. The molecule has 11 heavy (non-hydrogen) atoms. The van der Waals surface area contributed by atoms with Gasteiger partial charge in [-0.25, -0.2) is 4.99 Å². The van der Waals surface area contributed by atoms with Gasteiger partial charge in [-0.1, -0.05) is 13.5 Å². The summed E-state index contributed by atoms with van der Waals surface area (Å²) in [5.41, 5.74) is 0. The summed E-state index contributed by atoms with van der Waals surface area (Å²) in [7, 11) is 0. The lowest BCUT2D eigenvalue weighted by molar-refractivity contribution is 0.387. The smallest absolute Gasteiger partial charge is 0.0668 e. The lowest BCUT2D eigenvalue weighted by Gasteiger charge is -2.16. The maximum Gasteiger partial charge on any atom is 0.0668 e. The van der Waals surface area contributed by atoms with Crippen LogP contribution in [0.25, 0.3) is 0 Å². The minimum absolute atomic E-state index is 0.718. The molecule has 0 amide bonds. The van der Waals surface area contributed by atoms with E-state index in [1.165, 1.54) is 0 Å². The molecule has 0 saturated heterocycles. The Morgan fingerprint density at radius 3 is 2.82 bits per heavy atom. The van der Waals surface area contributed by atoms with Crippen molar-refractivity contribution < 1.29 is 0 Å². The quantitative estimate of drug-likeness (QED) is 0.447. The number of thiocarbonyl (C=S) groups is 1. The lowest BCUT2D eigenvalue weighted by Crippen LogP contribution is -2.20. The van der Waals surface area contributed by atoms with Crippen molar-refractivity contribution in [1.29, 1.82) is 0 Å². The summed E-state index contributed by atoms with van der Waals surface area (Å²) in [6, 6.07) is 0. The molecule has 0 fully saturated rings. The van der Waals surface area contributed by atoms with Crippen molar-refractivity contribution >= 4 is 17.4 Å². The SMILES string of the molecule is C=CN(CCC)CCN=C=S. The zero-order valence-electron chi connectivity index (χ0n) is 6.92. The fourth-order valence-corrected chi connectivity index (χ4v) is 0.897. The summed E-state index contributed by atoms with van der Waals surface area (Å²) in [5, 5.41) is 2.34. The topological polar surface area (TPSA) is 15.6 Å². The minimum Gasteiger partial charge on any atom is -0.376 e. The van der Waals surface area contributed by atoms with Gasteiger partial charge in [0.1, 0.15) is 0 Å². The van der Waals surface area contributed by atoms with Crippen molar-refractivity contribution in [2.24, 2.45) is 4.99 Å². The van der Waals surface area contributed by atoms with E-state index in [2.05, 4.69) is 40.8 Å². The first-order chi connectivity index (χ1) is 5.35. The van der Waals surface area contributed by atoms with E-state index in [-0.39, 0.29) is 0 Å². The largest absolute Gasteiger partial charge is 0.376 e. The third-order valence-electron chi connectivity index (χ3n) is 1.33. The molecule has 0 aromatic heterocycles. The molecular weight excluding hydrogens is 156 g/mol. The van der Waals surface area contributed by atoms with Crippen LogP contribution in [0.3, 0.4) is 0 Å². The first-order valence-corrected chi connectivity index (χ1v) is 4.16. The van der Waals surface area contributed by atoms with Crippen LogP contribution in [0.1, 0.15) is 13.3 Å². The molecule has 0 rings (SSSR count). The van der Waals surface area contributed by atoms with Gasteiger partial charge in [0, 0.05) is 13.1 Å². The van der Waals surface area contributed by atoms with Gasteiger partial charge in [-0.3, -0.25) is 0 Å². The van der Waals surface area contributed by atoms with E-state index in [4.69, 9.17) is 0 Å². The van der Waals surface area contributed by atoms with Crippen molar-refractivity contribution in [3.05, 3.63) is 12.8 Å². The van der Waals surface area contributed by atoms with Gasteiger partial charge < -0.3 is 4.90 Å². The maximum absolute atomic E-state index is 4.44. The van der Waals surface area contributed by atoms with Gasteiger partial charge in [0.2, 0.25) is 0 Å². The van der Waals surface area contributed by atoms with Gasteiger partial charge >= 0.3 is 0 Å². The number of hydrogen-bond acceptors (Lipinski definition) is 3. The number of isothiocyanates is 1. The lowest BCUT2D eigenvalue weighted by atomic mass is 10.4. The molecule has 0 N–H and O–H groups in total. The summed E-state index contributed by atoms with van der Waals surface area (Å²) < 4.78 is 0. The van der Waals surface area contributed by atoms with Gasteiger partial charge in [0.05, 0.1) is 11.7 Å². The highest BCUT2D eigenvalue weighted by molar-refractivity contribution is 7.78. The predicted octanol–water partition coefficient (Wildman–Crippen LogP) is 1.94. The van der Waals surface area contributed by atoms with E-state index in [1.54, 1.807) is 0 Å². The Balaban J connectivity index is 3.50. The summed E-state index contributed by atoms with van der Waals surface area (Å²) in [5.74, 6) is 0. The van der Waals surface area contributed by atoms with Gasteiger partial charge in [0.25, 0.3) is 0 Å². The van der Waals surface area contributed by atoms with E-state index in [0.717, 1.165) is 26.1 Å². The summed E-state index contributed by atoms with van der Waals surface area (Å²) in [6.45, 7) is 8.48. The molecule has 0 unspecified atom stereocenters. The van der Waals surface area contributed by atoms with Crippen molar-refractivity contribution in [3.63, 3.8) is 0 Å². The molecule has 0 radical (unpaired) electrons. The van der Waals surface area contributed by atoms with Crippen LogP contribution in [0.15, 0.2) is 17.8 Å². The van der Waals surface area contributed by atoms with E-state index >= 15 is 0 Å². The molecule has 0 aliphatic rings. The number of rotatable bonds is 6. The molecule has 0 atom stereocenters. The Kier molecular flexibility index (Phi) is 7.00. The Morgan fingerprint density at radius 1 is 1.64 bits per heavy atom. The molecule has 0 bridgehead atoms. The fourth-order valence-electron chi connectivity index (χ4n) is 0.806. The number of nitrogens with zero attached hydrogens (tertiary/aromatic N) is 2. The van der Waals surface area contributed by atoms with Crippen LogP contribution in [0, 0.1) is 0 Å². The highest BCUT2D eigenvalue weighted by Gasteiger charge is 1.93. The molecule has 0 spiro atoms. The highest BCUT2D eigenvalue weighted by Crippen LogP contribution is 1.90. The van der Waals surface area contributed by atoms with Crippen molar-refractivity contribution in [3.8, 4) is 0 Å². The van der Waals surface area contributed by atoms with Crippen LogP contribution in [0.4, 0.5) is 0 Å². The standard InChI is InChI=1S/C8H14N2S/c1-3-6-10(4-2)7-5-9-8-11/h4H,2-3,5-7H2,1H3. The normalized spacial score (nSPS) is 8.45. The molecule has 2 nitrogen and oxygen atoms in total. The average Bonchev–Trinajstić information content (AvgIpc) is 2.03. The van der Waals surface area contributed by atoms with Crippen LogP contribution < -0.4 is 0 Å². The molecule has 0 saturated carbocycles. The molecule has 0 aliphatic heterocycles. The molecular formula is C8H14N2S. The zero-order valence-corrected chi connectivity index (χ0v) is 7.73. The molecule has 0 aliphatic carbocycles. The van der Waals surface area contributed by atoms with Gasteiger partial charge in [-0.05, 0) is 24.8 Å². The van der Waals surface area contributed by atoms with Crippen molar-refractivity contribution in [1.82, 2.24) is 4.90 Å². The second-order valence-electron chi connectivity index (χ2n) is 2.19. The maximum atomic E-state index is 4.44. The minimum atomic E-state index is 0.718. The second-order valence-corrected chi connectivity index (χ2v) is 2.37. The Morgan fingerprint density at radius 2 is 2.36 bits per heavy atom. The first kappa shape index (κ1) is 10.3. The molecule has 3 heteroatoms. The zero-order chi connectivity index (χ0) is 8.53. The van der Waals surface area contributed by atoms with Crippen LogP contribution in [-0.2, 0) is 0 Å². The average molecular weight is 170 g/mol. The van der Waals surface area contributed by atoms with Crippen molar-refractivity contribution in [2.75, 3.05) is 19.6 Å². The number of aliphatic imine (C=N–C) groups is 1. The molecule has 0 aromatic rings. The Hall–Kier alpha value is -0.660. The molecule has 62 valence electrons. The van der Waals surface area contributed by atoms with E-state index in [1.807, 2.05) is 6.20 Å². The van der Waals surface area contributed by atoms with Gasteiger partial charge in [0.15, 0.2) is 0 Å². The summed E-state index contributed by atoms with van der Waals surface area (Å²) in [4.78, 5) is 5.94. The van der Waals surface area contributed by atoms with Crippen LogP contribution in [0.2, 0.25) is 0 Å². The highest BCUT2D eigenvalue weighted by atomic mass is 32.1. The van der Waals surface area contributed by atoms with Gasteiger partial charge in [-0.15, -0.1) is 0 Å². The van der Waals surface area contributed by atoms with Crippen molar-refractivity contribution in [2.45, 2.75) is 13.3 Å². The second kappa shape index (κ2) is 7.45. The number of hydrogen-bond donors (Lipinski definition) is 0. The van der Waals surface area contributed by atoms with E-state index < -0.39 is 0 Å². The molecule has 0 heterocycles. The monoisotopic (exact) mass is 170 g/mol. The third kappa shape index (κ3) is 5.77. The van der Waals surface area contributed by atoms with Gasteiger partial charge in [-0.2, -0.15) is 0 Å². The van der Waals surface area contributed by atoms with Crippen LogP contribution in [-0.4, -0.2) is 29.7 Å². The predicted molar refractivity (Wildman–Crippen MR) is 52.0 cm³/mol.